The second-order valence-corrected chi connectivity index (χ2v) is 7.51. The predicted octanol–water partition coefficient (Wildman–Crippen LogP) is 6.15. The quantitative estimate of drug-likeness (QED) is 0.0918. The number of likely N-dealkylation sites (N-methyl/N-ethyl adjacent to an activating group) is 1. The van der Waals surface area contributed by atoms with Crippen molar-refractivity contribution in [1.29, 1.82) is 5.26 Å². The highest BCUT2D eigenvalue weighted by molar-refractivity contribution is 7.64. The van der Waals surface area contributed by atoms with E-state index in [-0.39, 0.29) is 21.4 Å². The van der Waals surface area contributed by atoms with Crippen LogP contribution in [0.15, 0.2) is 77.2 Å². The maximum atomic E-state index is 10.9. The molecule has 2 aromatic carbocycles. The first-order valence-electron chi connectivity index (χ1n) is 9.75. The van der Waals surface area contributed by atoms with Crippen molar-refractivity contribution < 1.29 is 9.49 Å². The number of nitro benzene ring substituents is 1. The summed E-state index contributed by atoms with van der Waals surface area (Å²) >= 11 is 15.8. The van der Waals surface area contributed by atoms with E-state index >= 15 is 0 Å². The van der Waals surface area contributed by atoms with Crippen LogP contribution in [-0.4, -0.2) is 18.0 Å². The molecule has 0 radical (unpaired) electrons. The molecule has 1 aromatic heterocycles. The Morgan fingerprint density at radius 3 is 2.21 bits per heavy atom. The zero-order chi connectivity index (χ0) is 24.2. The first-order chi connectivity index (χ1) is 15.9. The number of benzene rings is 2. The number of hydrogen-bond acceptors (Lipinski definition) is 7. The fourth-order valence-electron chi connectivity index (χ4n) is 2.88. The number of nitriles is 1. The third-order valence-corrected chi connectivity index (χ3v) is 5.06. The number of thiocyanates is 1. The van der Waals surface area contributed by atoms with Gasteiger partial charge in [0.2, 0.25) is 0 Å². The predicted molar refractivity (Wildman–Crippen MR) is 131 cm³/mol. The van der Waals surface area contributed by atoms with Gasteiger partial charge < -0.3 is 17.5 Å². The second-order valence-electron chi connectivity index (χ2n) is 6.52. The van der Waals surface area contributed by atoms with E-state index in [1.54, 1.807) is 0 Å². The van der Waals surface area contributed by atoms with Crippen LogP contribution in [0, 0.1) is 20.8 Å². The van der Waals surface area contributed by atoms with Crippen LogP contribution in [0.3, 0.4) is 0 Å². The van der Waals surface area contributed by atoms with Crippen LogP contribution in [0.25, 0.3) is 0 Å². The monoisotopic (exact) mass is 502 g/mol. The molecule has 0 spiro atoms. The van der Waals surface area contributed by atoms with Crippen molar-refractivity contribution in [2.24, 2.45) is 10.2 Å². The van der Waals surface area contributed by atoms with Gasteiger partial charge in [-0.2, -0.15) is 5.11 Å². The van der Waals surface area contributed by atoms with Crippen molar-refractivity contribution in [3.8, 4) is 5.40 Å². The number of nitrogens with zero attached hydrogens (tertiary/aromatic N) is 6. The van der Waals surface area contributed by atoms with Crippen molar-refractivity contribution in [1.82, 2.24) is 0 Å². The van der Waals surface area contributed by atoms with Gasteiger partial charge in [-0.15, -0.1) is 5.11 Å². The topological polar surface area (TPSA) is 98.8 Å². The standard InChI is InChI=1S/C21H20Cl2N5O2.CHNS/c1-2-27(13-12-26-10-4-3-5-11-26)17-8-6-16(7-9-17)24-25-21-19(22)14-18(28(29)30)15-20(21)23;2-1-3/h3-11,14-15H,2,12-13H2,1H3;3H/q+1;/p-1. The Labute approximate surface area is 207 Å². The molecule has 0 atom stereocenters. The summed E-state index contributed by atoms with van der Waals surface area (Å²) in [6.45, 7) is 4.75. The number of aromatic nitrogens is 1. The fourth-order valence-corrected chi connectivity index (χ4v) is 3.43. The van der Waals surface area contributed by atoms with Gasteiger partial charge in [0, 0.05) is 36.5 Å². The van der Waals surface area contributed by atoms with Crippen LogP contribution in [-0.2, 0) is 19.2 Å². The number of nitro groups is 1. The van der Waals surface area contributed by atoms with E-state index in [2.05, 4.69) is 39.2 Å². The summed E-state index contributed by atoms with van der Waals surface area (Å²) in [7, 11) is 0. The summed E-state index contributed by atoms with van der Waals surface area (Å²) < 4.78 is 2.14. The van der Waals surface area contributed by atoms with E-state index in [9.17, 15) is 10.1 Å². The van der Waals surface area contributed by atoms with Crippen LogP contribution < -0.4 is 9.47 Å². The lowest BCUT2D eigenvalue weighted by atomic mass is 10.2. The highest BCUT2D eigenvalue weighted by Crippen LogP contribution is 2.37. The molecule has 1 heterocycles. The summed E-state index contributed by atoms with van der Waals surface area (Å²) in [5, 5.41) is 27.7. The number of pyridine rings is 1. The summed E-state index contributed by atoms with van der Waals surface area (Å²) in [6, 6.07) is 16.1. The van der Waals surface area contributed by atoms with Crippen LogP contribution in [0.2, 0.25) is 10.0 Å². The highest BCUT2D eigenvalue weighted by atomic mass is 35.5. The molecule has 0 aliphatic rings. The van der Waals surface area contributed by atoms with Gasteiger partial charge >= 0.3 is 0 Å². The SMILES string of the molecule is CCN(CC[n+]1ccccc1)c1ccc(N=Nc2c(Cl)cc([N+](=O)[O-])cc2Cl)cc1.N#C[S-]. The number of anilines is 1. The van der Waals surface area contributed by atoms with E-state index in [1.165, 1.54) is 17.5 Å². The Balaban J connectivity index is 0.00000122. The lowest BCUT2D eigenvalue weighted by Crippen LogP contribution is -2.40. The first-order valence-corrected chi connectivity index (χ1v) is 10.9. The molecule has 170 valence electrons. The molecular weight excluding hydrogens is 483 g/mol. The maximum absolute atomic E-state index is 10.9. The molecule has 0 aliphatic heterocycles. The minimum atomic E-state index is -0.562. The van der Waals surface area contributed by atoms with Crippen LogP contribution in [0.1, 0.15) is 6.92 Å². The smallest absolute Gasteiger partial charge is 0.272 e. The normalized spacial score (nSPS) is 10.2. The summed E-state index contributed by atoms with van der Waals surface area (Å²) in [5.41, 5.74) is 1.71. The lowest BCUT2D eigenvalue weighted by molar-refractivity contribution is -0.694. The zero-order valence-electron chi connectivity index (χ0n) is 17.6. The molecule has 33 heavy (non-hydrogen) atoms. The van der Waals surface area contributed by atoms with Gasteiger partial charge in [0.05, 0.1) is 27.2 Å². The molecule has 3 rings (SSSR count). The van der Waals surface area contributed by atoms with Gasteiger partial charge in [0.25, 0.3) is 5.69 Å². The molecule has 11 heteroatoms. The molecule has 0 aliphatic carbocycles. The van der Waals surface area contributed by atoms with E-state index in [1.807, 2.05) is 54.9 Å². The third-order valence-electron chi connectivity index (χ3n) is 4.48. The van der Waals surface area contributed by atoms with Gasteiger partial charge in [0.15, 0.2) is 18.9 Å². The minimum absolute atomic E-state index is 0.0742. The third kappa shape index (κ3) is 7.95. The number of halogens is 2. The maximum Gasteiger partial charge on any atom is 0.272 e. The van der Waals surface area contributed by atoms with Crippen molar-refractivity contribution in [2.75, 3.05) is 18.0 Å². The molecule has 0 N–H and O–H groups in total. The van der Waals surface area contributed by atoms with Crippen LogP contribution >= 0.6 is 23.2 Å². The zero-order valence-corrected chi connectivity index (χ0v) is 20.0. The molecular formula is C22H20Cl2N6O2S. The molecule has 8 nitrogen and oxygen atoms in total. The van der Waals surface area contributed by atoms with E-state index in [0.29, 0.717) is 5.69 Å². The Kier molecular flexibility index (Phi) is 10.4. The number of rotatable bonds is 8. The molecule has 0 amide bonds. The number of hydrogen-bond donors (Lipinski definition) is 0. The first kappa shape index (κ1) is 25.9. The highest BCUT2D eigenvalue weighted by Gasteiger charge is 2.14. The number of non-ortho nitro benzene ring substituents is 1. The average molecular weight is 503 g/mol. The van der Waals surface area contributed by atoms with Crippen LogP contribution in [0.5, 0.6) is 0 Å². The van der Waals surface area contributed by atoms with Gasteiger partial charge in [-0.3, -0.25) is 10.1 Å². The Hall–Kier alpha value is -3.32. The summed E-state index contributed by atoms with van der Waals surface area (Å²) in [5.74, 6) is 0. The largest absolute Gasteiger partial charge is 0.696 e. The summed E-state index contributed by atoms with van der Waals surface area (Å²) in [6.07, 6.45) is 4.09. The van der Waals surface area contributed by atoms with E-state index in [0.717, 1.165) is 25.3 Å². The molecule has 0 unspecified atom stereocenters. The molecule has 0 bridgehead atoms. The molecule has 3 aromatic rings. The molecule has 0 saturated heterocycles. The molecule has 0 saturated carbocycles. The fraction of sp³-hybridized carbons (Fsp3) is 0.182. The Morgan fingerprint density at radius 1 is 1.12 bits per heavy atom. The van der Waals surface area contributed by atoms with Gasteiger partial charge in [-0.1, -0.05) is 34.7 Å². The van der Waals surface area contributed by atoms with Gasteiger partial charge in [0.1, 0.15) is 5.69 Å². The van der Waals surface area contributed by atoms with Gasteiger partial charge in [-0.05, 0) is 31.2 Å². The lowest BCUT2D eigenvalue weighted by Gasteiger charge is -2.21. The Morgan fingerprint density at radius 2 is 1.70 bits per heavy atom. The van der Waals surface area contributed by atoms with Crippen molar-refractivity contribution in [2.45, 2.75) is 13.5 Å². The summed E-state index contributed by atoms with van der Waals surface area (Å²) in [4.78, 5) is 12.6. The van der Waals surface area contributed by atoms with Crippen molar-refractivity contribution in [3.05, 3.63) is 87.2 Å². The van der Waals surface area contributed by atoms with Crippen molar-refractivity contribution in [3.63, 3.8) is 0 Å². The van der Waals surface area contributed by atoms with Gasteiger partial charge in [-0.25, -0.2) is 9.83 Å². The average Bonchev–Trinajstić information content (AvgIpc) is 2.81. The minimum Gasteiger partial charge on any atom is -0.696 e. The molecule has 0 fully saturated rings. The van der Waals surface area contributed by atoms with Crippen molar-refractivity contribution >= 4 is 58.6 Å². The Bertz CT molecular complexity index is 1110. The van der Waals surface area contributed by atoms with Crippen LogP contribution in [0.4, 0.5) is 22.7 Å². The second kappa shape index (κ2) is 13.3. The number of azo groups is 1. The van der Waals surface area contributed by atoms with E-state index in [4.69, 9.17) is 28.5 Å². The van der Waals surface area contributed by atoms with E-state index < -0.39 is 4.92 Å².